The van der Waals surface area contributed by atoms with Crippen LogP contribution in [0.4, 0.5) is 4.39 Å². The second-order valence-corrected chi connectivity index (χ2v) is 8.99. The number of carbonyl (C=O) groups excluding carboxylic acids is 1. The predicted octanol–water partition coefficient (Wildman–Crippen LogP) is 5.35. The van der Waals surface area contributed by atoms with Gasteiger partial charge in [0.05, 0.1) is 25.7 Å². The number of aliphatic hydroxyl groups is 1. The lowest BCUT2D eigenvalue weighted by atomic mass is 9.82. The van der Waals surface area contributed by atoms with Crippen LogP contribution in [-0.2, 0) is 5.60 Å². The van der Waals surface area contributed by atoms with Gasteiger partial charge < -0.3 is 9.59 Å². The highest BCUT2D eigenvalue weighted by Crippen LogP contribution is 2.37. The van der Waals surface area contributed by atoms with Crippen LogP contribution in [-0.4, -0.2) is 41.0 Å². The molecule has 156 valence electrons. The minimum Gasteiger partial charge on any atom is -0.385 e. The number of ketones is 1. The molecule has 3 rings (SSSR count). The van der Waals surface area contributed by atoms with Crippen molar-refractivity contribution in [2.24, 2.45) is 0 Å². The zero-order chi connectivity index (χ0) is 21.1. The summed E-state index contributed by atoms with van der Waals surface area (Å²) in [6, 6.07) is 13.7. The Kier molecular flexibility index (Phi) is 6.77. The van der Waals surface area contributed by atoms with Crippen molar-refractivity contribution >= 4 is 17.4 Å². The van der Waals surface area contributed by atoms with Crippen LogP contribution in [0.1, 0.15) is 55.5 Å². The third kappa shape index (κ3) is 5.06. The molecular weight excluding hydrogens is 389 g/mol. The Balaban J connectivity index is 1.60. The molecule has 0 amide bonds. The molecule has 0 unspecified atom stereocenters. The van der Waals surface area contributed by atoms with Crippen molar-refractivity contribution in [1.29, 1.82) is 0 Å². The van der Waals surface area contributed by atoms with Gasteiger partial charge in [0.1, 0.15) is 11.4 Å². The molecule has 0 atom stereocenters. The molecule has 0 spiro atoms. The van der Waals surface area contributed by atoms with Gasteiger partial charge in [0.2, 0.25) is 0 Å². The molecule has 1 aliphatic heterocycles. The molecule has 0 aromatic heterocycles. The van der Waals surface area contributed by atoms with E-state index in [0.29, 0.717) is 35.9 Å². The van der Waals surface area contributed by atoms with Crippen molar-refractivity contribution in [3.05, 3.63) is 70.5 Å². The van der Waals surface area contributed by atoms with E-state index in [-0.39, 0.29) is 11.6 Å². The highest BCUT2D eigenvalue weighted by molar-refractivity contribution is 6.30. The van der Waals surface area contributed by atoms with Crippen molar-refractivity contribution in [3.8, 4) is 0 Å². The largest absolute Gasteiger partial charge is 0.385 e. The highest BCUT2D eigenvalue weighted by Gasteiger charge is 2.43. The van der Waals surface area contributed by atoms with Gasteiger partial charge in [-0.05, 0) is 55.8 Å². The maximum absolute atomic E-state index is 13.0. The molecule has 1 fully saturated rings. The third-order valence-electron chi connectivity index (χ3n) is 6.59. The summed E-state index contributed by atoms with van der Waals surface area (Å²) in [7, 11) is 0. The Bertz CT molecular complexity index is 825. The first-order chi connectivity index (χ1) is 13.7. The molecule has 29 heavy (non-hydrogen) atoms. The Hall–Kier alpha value is -1.75. The lowest BCUT2D eigenvalue weighted by molar-refractivity contribution is -0.954. The minimum absolute atomic E-state index is 0.0570. The molecule has 5 heteroatoms. The molecule has 0 bridgehead atoms. The number of Topliss-reactive ketones (excluding diaryl/α,β-unsaturated/α-hetero) is 1. The summed E-state index contributed by atoms with van der Waals surface area (Å²) in [6.45, 7) is 7.09. The first-order valence-electron chi connectivity index (χ1n) is 10.4. The van der Waals surface area contributed by atoms with E-state index in [4.69, 9.17) is 11.6 Å². The quantitative estimate of drug-likeness (QED) is 0.486. The molecule has 3 nitrogen and oxygen atoms in total. The zero-order valence-electron chi connectivity index (χ0n) is 17.2. The maximum atomic E-state index is 13.0. The highest BCUT2D eigenvalue weighted by atomic mass is 35.5. The van der Waals surface area contributed by atoms with E-state index in [0.717, 1.165) is 36.1 Å². The van der Waals surface area contributed by atoms with Crippen LogP contribution in [0.15, 0.2) is 48.5 Å². The van der Waals surface area contributed by atoms with Crippen LogP contribution in [0.5, 0.6) is 0 Å². The smallest absolute Gasteiger partial charge is 0.163 e. The van der Waals surface area contributed by atoms with Crippen molar-refractivity contribution < 1.29 is 18.8 Å². The monoisotopic (exact) mass is 418 g/mol. The molecule has 2 aromatic carbocycles. The van der Waals surface area contributed by atoms with Crippen LogP contribution < -0.4 is 0 Å². The average Bonchev–Trinajstić information content (AvgIpc) is 2.70. The van der Waals surface area contributed by atoms with Gasteiger partial charge in [0.25, 0.3) is 0 Å². The number of hydrogen-bond donors (Lipinski definition) is 1. The summed E-state index contributed by atoms with van der Waals surface area (Å²) in [5.74, 6) is -0.269. The second-order valence-electron chi connectivity index (χ2n) is 8.56. The Morgan fingerprint density at radius 1 is 1.10 bits per heavy atom. The van der Waals surface area contributed by atoms with Crippen molar-refractivity contribution in [2.75, 3.05) is 19.6 Å². The molecule has 1 N–H and O–H groups in total. The van der Waals surface area contributed by atoms with Gasteiger partial charge in [0.15, 0.2) is 5.78 Å². The number of halogens is 2. The molecule has 0 radical (unpaired) electrons. The van der Waals surface area contributed by atoms with Gasteiger partial charge in [0, 0.05) is 36.3 Å². The van der Waals surface area contributed by atoms with Crippen LogP contribution in [0.2, 0.25) is 5.02 Å². The number of piperidine rings is 1. The SMILES string of the molecule is CC(C)[N+]1(CCCC(=O)c2ccc(F)cc2)CCC(O)(c2ccc(Cl)cc2)CC1. The van der Waals surface area contributed by atoms with E-state index in [1.165, 1.54) is 12.1 Å². The van der Waals surface area contributed by atoms with Crippen LogP contribution in [0, 0.1) is 5.82 Å². The van der Waals surface area contributed by atoms with Gasteiger partial charge in [-0.3, -0.25) is 4.79 Å². The molecule has 2 aromatic rings. The standard InChI is InChI=1S/C24H30ClFNO2/c1-18(2)27(15-3-4-23(28)19-5-11-22(26)12-6-19)16-13-24(29,14-17-27)20-7-9-21(25)10-8-20/h5-12,18,29H,3-4,13-17H2,1-2H3/q+1. The fourth-order valence-electron chi connectivity index (χ4n) is 4.43. The summed E-state index contributed by atoms with van der Waals surface area (Å²) < 4.78 is 14.0. The van der Waals surface area contributed by atoms with E-state index in [1.807, 2.05) is 24.3 Å². The Labute approximate surface area is 177 Å². The van der Waals surface area contributed by atoms with Gasteiger partial charge in [-0.2, -0.15) is 0 Å². The van der Waals surface area contributed by atoms with Gasteiger partial charge in [-0.25, -0.2) is 4.39 Å². The lowest BCUT2D eigenvalue weighted by Gasteiger charge is -2.49. The topological polar surface area (TPSA) is 37.3 Å². The van der Waals surface area contributed by atoms with E-state index >= 15 is 0 Å². The van der Waals surface area contributed by atoms with Crippen LogP contribution in [0.3, 0.4) is 0 Å². The summed E-state index contributed by atoms with van der Waals surface area (Å²) in [6.07, 6.45) is 2.63. The molecule has 0 saturated carbocycles. The fourth-order valence-corrected chi connectivity index (χ4v) is 4.56. The van der Waals surface area contributed by atoms with Gasteiger partial charge >= 0.3 is 0 Å². The predicted molar refractivity (Wildman–Crippen MR) is 115 cm³/mol. The fraction of sp³-hybridized carbons (Fsp3) is 0.458. The number of quaternary nitrogens is 1. The van der Waals surface area contributed by atoms with Gasteiger partial charge in [-0.1, -0.05) is 23.7 Å². The number of likely N-dealkylation sites (tertiary alicyclic amines) is 1. The maximum Gasteiger partial charge on any atom is 0.163 e. The molecule has 0 aliphatic carbocycles. The van der Waals surface area contributed by atoms with Crippen molar-refractivity contribution in [1.82, 2.24) is 0 Å². The first-order valence-corrected chi connectivity index (χ1v) is 10.7. The third-order valence-corrected chi connectivity index (χ3v) is 6.84. The molecule has 1 aliphatic rings. The number of nitrogens with zero attached hydrogens (tertiary/aromatic N) is 1. The Morgan fingerprint density at radius 2 is 1.69 bits per heavy atom. The molecule has 1 heterocycles. The van der Waals surface area contributed by atoms with E-state index in [9.17, 15) is 14.3 Å². The number of rotatable bonds is 7. The van der Waals surface area contributed by atoms with E-state index in [2.05, 4.69) is 13.8 Å². The van der Waals surface area contributed by atoms with Gasteiger partial charge in [-0.15, -0.1) is 0 Å². The Morgan fingerprint density at radius 3 is 2.24 bits per heavy atom. The summed E-state index contributed by atoms with van der Waals surface area (Å²) in [4.78, 5) is 12.4. The minimum atomic E-state index is -0.814. The molecular formula is C24H30ClFNO2+. The lowest BCUT2D eigenvalue weighted by Crippen LogP contribution is -2.60. The summed E-state index contributed by atoms with van der Waals surface area (Å²) in [5, 5.41) is 11.9. The second kappa shape index (κ2) is 8.95. The van der Waals surface area contributed by atoms with E-state index < -0.39 is 5.60 Å². The van der Waals surface area contributed by atoms with Crippen molar-refractivity contribution in [3.63, 3.8) is 0 Å². The van der Waals surface area contributed by atoms with Crippen molar-refractivity contribution in [2.45, 2.75) is 51.2 Å². The normalized spacial score (nSPS) is 24.6. The van der Waals surface area contributed by atoms with Crippen LogP contribution in [0.25, 0.3) is 0 Å². The first kappa shape index (κ1) is 21.9. The van der Waals surface area contributed by atoms with E-state index in [1.54, 1.807) is 12.1 Å². The number of hydrogen-bond acceptors (Lipinski definition) is 2. The summed E-state index contributed by atoms with van der Waals surface area (Å²) in [5.41, 5.74) is 0.679. The zero-order valence-corrected chi connectivity index (χ0v) is 18.0. The number of carbonyl (C=O) groups is 1. The average molecular weight is 419 g/mol. The molecule has 1 saturated heterocycles. The number of benzene rings is 2. The van der Waals surface area contributed by atoms with Crippen LogP contribution >= 0.6 is 11.6 Å². The summed E-state index contributed by atoms with van der Waals surface area (Å²) >= 11 is 5.99.